The van der Waals surface area contributed by atoms with Gasteiger partial charge in [-0.05, 0) is 19.8 Å². The first-order valence-corrected chi connectivity index (χ1v) is 4.91. The van der Waals surface area contributed by atoms with E-state index in [1.54, 1.807) is 0 Å². The summed E-state index contributed by atoms with van der Waals surface area (Å²) in [6, 6.07) is 0. The van der Waals surface area contributed by atoms with E-state index in [0.717, 1.165) is 0 Å². The summed E-state index contributed by atoms with van der Waals surface area (Å²) in [5.41, 5.74) is 0. The minimum Gasteiger partial charge on any atom is -0.344 e. The largest absolute Gasteiger partial charge is 0.344 e. The molecule has 0 saturated carbocycles. The highest BCUT2D eigenvalue weighted by molar-refractivity contribution is 6.18. The first kappa shape index (κ1) is 10.3. The molecule has 0 bridgehead atoms. The van der Waals surface area contributed by atoms with Gasteiger partial charge in [0.25, 0.3) is 0 Å². The van der Waals surface area contributed by atoms with Crippen molar-refractivity contribution in [2.75, 3.05) is 5.88 Å². The summed E-state index contributed by atoms with van der Waals surface area (Å²) in [5.74, 6) is 0.497. The highest BCUT2D eigenvalue weighted by Crippen LogP contribution is 2.32. The quantitative estimate of drug-likeness (QED) is 0.626. The standard InChI is InChI=1S/C9H17ClO2/c1-6(2)8-7(5-10)11-9(3,4)12-8/h6-8H,5H2,1-4H3/t7-,8-/m1/s1. The molecule has 0 N–H and O–H groups in total. The maximum atomic E-state index is 5.77. The van der Waals surface area contributed by atoms with E-state index in [2.05, 4.69) is 13.8 Å². The molecule has 0 aromatic carbocycles. The van der Waals surface area contributed by atoms with Crippen LogP contribution in [0, 0.1) is 5.92 Å². The van der Waals surface area contributed by atoms with Gasteiger partial charge in [-0.15, -0.1) is 11.6 Å². The van der Waals surface area contributed by atoms with Gasteiger partial charge in [0.1, 0.15) is 6.10 Å². The molecule has 1 heterocycles. The fourth-order valence-electron chi connectivity index (χ4n) is 1.55. The molecule has 1 aliphatic rings. The number of hydrogen-bond acceptors (Lipinski definition) is 2. The van der Waals surface area contributed by atoms with E-state index in [0.29, 0.717) is 11.8 Å². The maximum absolute atomic E-state index is 5.77. The topological polar surface area (TPSA) is 18.5 Å². The molecule has 1 rings (SSSR count). The summed E-state index contributed by atoms with van der Waals surface area (Å²) in [4.78, 5) is 0. The van der Waals surface area contributed by atoms with Crippen LogP contribution in [0.2, 0.25) is 0 Å². The van der Waals surface area contributed by atoms with Gasteiger partial charge in [-0.2, -0.15) is 0 Å². The minimum atomic E-state index is -0.464. The van der Waals surface area contributed by atoms with Crippen molar-refractivity contribution in [1.29, 1.82) is 0 Å². The molecule has 0 aliphatic carbocycles. The van der Waals surface area contributed by atoms with E-state index >= 15 is 0 Å². The zero-order valence-corrected chi connectivity index (χ0v) is 8.89. The highest BCUT2D eigenvalue weighted by Gasteiger charge is 2.41. The molecule has 0 unspecified atom stereocenters. The number of halogens is 1. The molecule has 12 heavy (non-hydrogen) atoms. The van der Waals surface area contributed by atoms with Crippen LogP contribution in [0.3, 0.4) is 0 Å². The maximum Gasteiger partial charge on any atom is 0.163 e. The molecule has 0 aromatic heterocycles. The monoisotopic (exact) mass is 192 g/mol. The first-order valence-electron chi connectivity index (χ1n) is 4.38. The number of hydrogen-bond donors (Lipinski definition) is 0. The second kappa shape index (κ2) is 3.52. The van der Waals surface area contributed by atoms with Gasteiger partial charge in [-0.1, -0.05) is 13.8 Å². The number of alkyl halides is 1. The predicted molar refractivity (Wildman–Crippen MR) is 49.4 cm³/mol. The molecule has 2 atom stereocenters. The third kappa shape index (κ3) is 2.12. The van der Waals surface area contributed by atoms with Gasteiger partial charge >= 0.3 is 0 Å². The van der Waals surface area contributed by atoms with Crippen molar-refractivity contribution in [2.45, 2.75) is 45.7 Å². The Morgan fingerprint density at radius 2 is 1.92 bits per heavy atom. The number of ether oxygens (including phenoxy) is 2. The Hall–Kier alpha value is 0.210. The third-order valence-electron chi connectivity index (χ3n) is 2.03. The van der Waals surface area contributed by atoms with Crippen LogP contribution < -0.4 is 0 Å². The minimum absolute atomic E-state index is 0.0432. The SMILES string of the molecule is CC(C)[C@H]1OC(C)(C)O[C@@H]1CCl. The van der Waals surface area contributed by atoms with Crippen LogP contribution in [-0.2, 0) is 9.47 Å². The van der Waals surface area contributed by atoms with Crippen molar-refractivity contribution < 1.29 is 9.47 Å². The molecule has 2 nitrogen and oxygen atoms in total. The Morgan fingerprint density at radius 1 is 1.33 bits per heavy atom. The molecule has 72 valence electrons. The van der Waals surface area contributed by atoms with Crippen molar-refractivity contribution in [3.63, 3.8) is 0 Å². The molecule has 1 saturated heterocycles. The van der Waals surface area contributed by atoms with E-state index in [-0.39, 0.29) is 12.2 Å². The molecule has 0 spiro atoms. The molecule has 1 aliphatic heterocycles. The van der Waals surface area contributed by atoms with Gasteiger partial charge in [-0.25, -0.2) is 0 Å². The van der Waals surface area contributed by atoms with Gasteiger partial charge < -0.3 is 9.47 Å². The molecule has 0 radical (unpaired) electrons. The van der Waals surface area contributed by atoms with Gasteiger partial charge in [0.05, 0.1) is 12.0 Å². The number of rotatable bonds is 2. The zero-order valence-electron chi connectivity index (χ0n) is 8.13. The van der Waals surface area contributed by atoms with Gasteiger partial charge in [-0.3, -0.25) is 0 Å². The smallest absolute Gasteiger partial charge is 0.163 e. The summed E-state index contributed by atoms with van der Waals surface area (Å²) in [6.07, 6.45) is 0.180. The second-order valence-corrected chi connectivity index (χ2v) is 4.35. The summed E-state index contributed by atoms with van der Waals surface area (Å²) in [5, 5.41) is 0. The van der Waals surface area contributed by atoms with Crippen molar-refractivity contribution in [3.05, 3.63) is 0 Å². The Balaban J connectivity index is 2.63. The van der Waals surface area contributed by atoms with E-state index < -0.39 is 5.79 Å². The lowest BCUT2D eigenvalue weighted by molar-refractivity contribution is -0.148. The predicted octanol–water partition coefficient (Wildman–Crippen LogP) is 2.40. The van der Waals surface area contributed by atoms with Crippen LogP contribution in [0.5, 0.6) is 0 Å². The van der Waals surface area contributed by atoms with Gasteiger partial charge in [0, 0.05) is 0 Å². The van der Waals surface area contributed by atoms with Crippen molar-refractivity contribution in [2.24, 2.45) is 5.92 Å². The molecule has 3 heteroatoms. The molecular formula is C9H17ClO2. The van der Waals surface area contributed by atoms with Crippen LogP contribution in [0.4, 0.5) is 0 Å². The Labute approximate surface area is 79.2 Å². The average molecular weight is 193 g/mol. The summed E-state index contributed by atoms with van der Waals surface area (Å²) < 4.78 is 11.3. The van der Waals surface area contributed by atoms with Gasteiger partial charge in [0.2, 0.25) is 0 Å². The fourth-order valence-corrected chi connectivity index (χ4v) is 1.79. The Bertz CT molecular complexity index is 157. The van der Waals surface area contributed by atoms with Crippen LogP contribution in [0.15, 0.2) is 0 Å². The normalized spacial score (nSPS) is 34.5. The van der Waals surface area contributed by atoms with Crippen LogP contribution in [-0.4, -0.2) is 23.9 Å². The van der Waals surface area contributed by atoms with Crippen molar-refractivity contribution in [1.82, 2.24) is 0 Å². The van der Waals surface area contributed by atoms with Gasteiger partial charge in [0.15, 0.2) is 5.79 Å². The molecule has 0 amide bonds. The van der Waals surface area contributed by atoms with Crippen LogP contribution >= 0.6 is 11.6 Å². The lowest BCUT2D eigenvalue weighted by Gasteiger charge is -2.19. The van der Waals surface area contributed by atoms with Crippen molar-refractivity contribution in [3.8, 4) is 0 Å². The Morgan fingerprint density at radius 3 is 2.25 bits per heavy atom. The summed E-state index contributed by atoms with van der Waals surface area (Å²) >= 11 is 5.77. The van der Waals surface area contributed by atoms with Crippen LogP contribution in [0.1, 0.15) is 27.7 Å². The molecule has 1 fully saturated rings. The van der Waals surface area contributed by atoms with E-state index in [9.17, 15) is 0 Å². The zero-order chi connectivity index (χ0) is 9.35. The Kier molecular flexibility index (Phi) is 3.02. The average Bonchev–Trinajstić information content (AvgIpc) is 2.25. The fraction of sp³-hybridized carbons (Fsp3) is 1.00. The molecule has 0 aromatic rings. The molecular weight excluding hydrogens is 176 g/mol. The highest BCUT2D eigenvalue weighted by atomic mass is 35.5. The second-order valence-electron chi connectivity index (χ2n) is 4.04. The third-order valence-corrected chi connectivity index (χ3v) is 2.33. The first-order chi connectivity index (χ1) is 5.46. The van der Waals surface area contributed by atoms with E-state index in [1.165, 1.54) is 0 Å². The van der Waals surface area contributed by atoms with Crippen molar-refractivity contribution >= 4 is 11.6 Å². The van der Waals surface area contributed by atoms with Crippen LogP contribution in [0.25, 0.3) is 0 Å². The van der Waals surface area contributed by atoms with E-state index in [1.807, 2.05) is 13.8 Å². The lowest BCUT2D eigenvalue weighted by Crippen LogP contribution is -2.29. The summed E-state index contributed by atoms with van der Waals surface area (Å²) in [7, 11) is 0. The lowest BCUT2D eigenvalue weighted by atomic mass is 10.0. The summed E-state index contributed by atoms with van der Waals surface area (Å²) in [6.45, 7) is 8.09. The van der Waals surface area contributed by atoms with E-state index in [4.69, 9.17) is 21.1 Å².